The summed E-state index contributed by atoms with van der Waals surface area (Å²) in [5.74, 6) is -0.266. The molecule has 1 aliphatic rings. The lowest BCUT2D eigenvalue weighted by atomic mass is 9.81. The van der Waals surface area contributed by atoms with Crippen LogP contribution >= 0.6 is 0 Å². The molecule has 1 aliphatic heterocycles. The summed E-state index contributed by atoms with van der Waals surface area (Å²) in [6, 6.07) is 3.95. The number of aliphatic hydroxyl groups is 1. The van der Waals surface area contributed by atoms with Gasteiger partial charge in [0.2, 0.25) is 0 Å². The summed E-state index contributed by atoms with van der Waals surface area (Å²) in [5.41, 5.74) is 1.26. The second-order valence-corrected chi connectivity index (χ2v) is 6.10. The minimum atomic E-state index is -1.01. The highest BCUT2D eigenvalue weighted by molar-refractivity contribution is 5.36. The van der Waals surface area contributed by atoms with Gasteiger partial charge in [-0.2, -0.15) is 0 Å². The average Bonchev–Trinajstić information content (AvgIpc) is 2.27. The number of piperidine rings is 1. The van der Waals surface area contributed by atoms with E-state index < -0.39 is 5.60 Å². The Labute approximate surface area is 115 Å². The predicted molar refractivity (Wildman–Crippen MR) is 75.7 cm³/mol. The van der Waals surface area contributed by atoms with Crippen LogP contribution in [0.1, 0.15) is 43.4 Å². The maximum absolute atomic E-state index is 14.2. The van der Waals surface area contributed by atoms with Crippen LogP contribution in [0.25, 0.3) is 0 Å². The molecule has 3 heteroatoms. The van der Waals surface area contributed by atoms with Crippen molar-refractivity contribution < 1.29 is 9.50 Å². The Morgan fingerprint density at radius 3 is 2.26 bits per heavy atom. The van der Waals surface area contributed by atoms with E-state index in [-0.39, 0.29) is 5.82 Å². The van der Waals surface area contributed by atoms with Gasteiger partial charge < -0.3 is 10.0 Å². The number of halogens is 1. The summed E-state index contributed by atoms with van der Waals surface area (Å²) >= 11 is 0. The Hall–Kier alpha value is -0.930. The van der Waals surface area contributed by atoms with Crippen LogP contribution in [0.15, 0.2) is 12.1 Å². The molecule has 19 heavy (non-hydrogen) atoms. The van der Waals surface area contributed by atoms with Crippen molar-refractivity contribution in [2.24, 2.45) is 0 Å². The first-order valence-corrected chi connectivity index (χ1v) is 7.07. The molecule has 1 aromatic rings. The van der Waals surface area contributed by atoms with E-state index in [1.165, 1.54) is 6.07 Å². The Morgan fingerprint density at radius 2 is 1.79 bits per heavy atom. The van der Waals surface area contributed by atoms with Crippen LogP contribution in [0.4, 0.5) is 4.39 Å². The maximum atomic E-state index is 14.2. The second-order valence-electron chi connectivity index (χ2n) is 6.10. The fraction of sp³-hybridized carbons (Fsp3) is 0.625. The van der Waals surface area contributed by atoms with Crippen LogP contribution in [-0.2, 0) is 5.60 Å². The molecule has 0 bridgehead atoms. The molecule has 1 heterocycles. The van der Waals surface area contributed by atoms with Gasteiger partial charge in [0.1, 0.15) is 5.82 Å². The number of rotatable bonds is 2. The first kappa shape index (κ1) is 14.5. The maximum Gasteiger partial charge on any atom is 0.129 e. The molecular weight excluding hydrogens is 241 g/mol. The van der Waals surface area contributed by atoms with Crippen molar-refractivity contribution in [3.05, 3.63) is 34.6 Å². The first-order chi connectivity index (χ1) is 8.83. The Bertz CT molecular complexity index is 439. The largest absolute Gasteiger partial charge is 0.385 e. The minimum Gasteiger partial charge on any atom is -0.385 e. The van der Waals surface area contributed by atoms with Gasteiger partial charge in [-0.3, -0.25) is 0 Å². The van der Waals surface area contributed by atoms with Crippen LogP contribution in [0.2, 0.25) is 0 Å². The number of hydrogen-bond acceptors (Lipinski definition) is 2. The molecule has 2 rings (SSSR count). The van der Waals surface area contributed by atoms with E-state index >= 15 is 0 Å². The Morgan fingerprint density at radius 1 is 1.21 bits per heavy atom. The van der Waals surface area contributed by atoms with Crippen LogP contribution in [0.3, 0.4) is 0 Å². The van der Waals surface area contributed by atoms with Gasteiger partial charge >= 0.3 is 0 Å². The van der Waals surface area contributed by atoms with Crippen LogP contribution in [0.5, 0.6) is 0 Å². The van der Waals surface area contributed by atoms with Gasteiger partial charge in [0, 0.05) is 24.7 Å². The topological polar surface area (TPSA) is 23.5 Å². The zero-order valence-corrected chi connectivity index (χ0v) is 12.3. The summed E-state index contributed by atoms with van der Waals surface area (Å²) < 4.78 is 14.2. The number of benzene rings is 1. The van der Waals surface area contributed by atoms with E-state index in [2.05, 4.69) is 18.7 Å². The molecule has 1 fully saturated rings. The number of nitrogens with zero attached hydrogens (tertiary/aromatic N) is 1. The van der Waals surface area contributed by atoms with E-state index in [0.717, 1.165) is 24.2 Å². The standard InChI is InChI=1S/C16H24FNO/c1-11(2)18-7-5-16(19,6-8-18)15-13(4)9-12(3)10-14(15)17/h9-11,19H,5-8H2,1-4H3. The molecule has 0 spiro atoms. The highest BCUT2D eigenvalue weighted by Gasteiger charge is 2.37. The molecule has 2 nitrogen and oxygen atoms in total. The molecule has 1 N–H and O–H groups in total. The molecule has 0 radical (unpaired) electrons. The van der Waals surface area contributed by atoms with Gasteiger partial charge in [-0.15, -0.1) is 0 Å². The highest BCUT2D eigenvalue weighted by atomic mass is 19.1. The summed E-state index contributed by atoms with van der Waals surface area (Å²) in [7, 11) is 0. The summed E-state index contributed by atoms with van der Waals surface area (Å²) in [5, 5.41) is 10.8. The smallest absolute Gasteiger partial charge is 0.129 e. The number of likely N-dealkylation sites (tertiary alicyclic amines) is 1. The predicted octanol–water partition coefficient (Wildman–Crippen LogP) is 3.13. The monoisotopic (exact) mass is 265 g/mol. The van der Waals surface area contributed by atoms with E-state index in [4.69, 9.17) is 0 Å². The van der Waals surface area contributed by atoms with Crippen molar-refractivity contribution in [2.45, 2.75) is 52.2 Å². The lowest BCUT2D eigenvalue weighted by molar-refractivity contribution is -0.0352. The second kappa shape index (κ2) is 5.22. The lowest BCUT2D eigenvalue weighted by Crippen LogP contribution is -2.45. The van der Waals surface area contributed by atoms with Gasteiger partial charge in [0.15, 0.2) is 0 Å². The summed E-state index contributed by atoms with van der Waals surface area (Å²) in [6.45, 7) is 9.72. The van der Waals surface area contributed by atoms with Gasteiger partial charge in [0.05, 0.1) is 5.60 Å². The van der Waals surface area contributed by atoms with Crippen LogP contribution in [0, 0.1) is 19.7 Å². The Kier molecular flexibility index (Phi) is 3.98. The van der Waals surface area contributed by atoms with Crippen LogP contribution in [-0.4, -0.2) is 29.1 Å². The third-order valence-corrected chi connectivity index (χ3v) is 4.25. The van der Waals surface area contributed by atoms with E-state index in [9.17, 15) is 9.50 Å². The Balaban J connectivity index is 2.28. The highest BCUT2D eigenvalue weighted by Crippen LogP contribution is 2.37. The number of hydrogen-bond donors (Lipinski definition) is 1. The molecule has 1 aromatic carbocycles. The molecule has 0 amide bonds. The molecule has 1 saturated heterocycles. The van der Waals surface area contributed by atoms with Crippen molar-refractivity contribution in [1.29, 1.82) is 0 Å². The third-order valence-electron chi connectivity index (χ3n) is 4.25. The molecule has 0 atom stereocenters. The van der Waals surface area contributed by atoms with Gasteiger partial charge in [-0.1, -0.05) is 6.07 Å². The molecule has 106 valence electrons. The summed E-state index contributed by atoms with van der Waals surface area (Å²) in [6.07, 6.45) is 1.21. The van der Waals surface area contributed by atoms with Crippen LogP contribution < -0.4 is 0 Å². The number of aryl methyl sites for hydroxylation is 2. The molecule has 0 aromatic heterocycles. The minimum absolute atomic E-state index is 0.266. The van der Waals surface area contributed by atoms with Crippen molar-refractivity contribution in [2.75, 3.05) is 13.1 Å². The average molecular weight is 265 g/mol. The van der Waals surface area contributed by atoms with Crippen molar-refractivity contribution in [1.82, 2.24) is 4.90 Å². The molecule has 0 aliphatic carbocycles. The quantitative estimate of drug-likeness (QED) is 0.888. The molecule has 0 saturated carbocycles. The van der Waals surface area contributed by atoms with E-state index in [1.807, 2.05) is 19.9 Å². The SMILES string of the molecule is Cc1cc(C)c(C2(O)CCN(C(C)C)CC2)c(F)c1. The summed E-state index contributed by atoms with van der Waals surface area (Å²) in [4.78, 5) is 2.33. The van der Waals surface area contributed by atoms with E-state index in [0.29, 0.717) is 24.4 Å². The van der Waals surface area contributed by atoms with E-state index in [1.54, 1.807) is 0 Å². The van der Waals surface area contributed by atoms with Gasteiger partial charge in [-0.25, -0.2) is 4.39 Å². The fourth-order valence-electron chi connectivity index (χ4n) is 3.17. The third kappa shape index (κ3) is 2.82. The molecule has 0 unspecified atom stereocenters. The zero-order chi connectivity index (χ0) is 14.2. The zero-order valence-electron chi connectivity index (χ0n) is 12.3. The lowest BCUT2D eigenvalue weighted by Gasteiger charge is -2.41. The van der Waals surface area contributed by atoms with Crippen molar-refractivity contribution in [3.8, 4) is 0 Å². The first-order valence-electron chi connectivity index (χ1n) is 7.07. The molecular formula is C16H24FNO. The normalized spacial score (nSPS) is 19.9. The fourth-order valence-corrected chi connectivity index (χ4v) is 3.17. The van der Waals surface area contributed by atoms with Crippen molar-refractivity contribution in [3.63, 3.8) is 0 Å². The van der Waals surface area contributed by atoms with Crippen molar-refractivity contribution >= 4 is 0 Å². The van der Waals surface area contributed by atoms with Gasteiger partial charge in [0.25, 0.3) is 0 Å². The van der Waals surface area contributed by atoms with Gasteiger partial charge in [-0.05, 0) is 57.7 Å².